The molecule has 0 aliphatic heterocycles. The first-order chi connectivity index (χ1) is 10.3. The molecule has 0 aromatic carbocycles. The molecular weight excluding hydrogens is 290 g/mol. The van der Waals surface area contributed by atoms with Crippen molar-refractivity contribution < 1.29 is 19.5 Å². The number of imidazole rings is 1. The van der Waals surface area contributed by atoms with Crippen LogP contribution in [0.4, 0.5) is 0 Å². The van der Waals surface area contributed by atoms with E-state index < -0.39 is 24.0 Å². The number of nitrogens with two attached hydrogens (primary N) is 1. The van der Waals surface area contributed by atoms with Gasteiger partial charge in [0.2, 0.25) is 11.8 Å². The zero-order valence-electron chi connectivity index (χ0n) is 12.5. The lowest BCUT2D eigenvalue weighted by atomic mass is 10.0. The summed E-state index contributed by atoms with van der Waals surface area (Å²) in [5.41, 5.74) is 8.21. The van der Waals surface area contributed by atoms with Gasteiger partial charge in [-0.3, -0.25) is 15.0 Å². The van der Waals surface area contributed by atoms with E-state index in [-0.39, 0.29) is 24.7 Å². The highest BCUT2D eigenvalue weighted by molar-refractivity contribution is 5.88. The summed E-state index contributed by atoms with van der Waals surface area (Å²) >= 11 is 0. The number of carbonyl (C=O) groups excluding carboxylic acids is 2. The minimum Gasteiger partial charge on any atom is -0.480 e. The topological polar surface area (TPSA) is 139 Å². The summed E-state index contributed by atoms with van der Waals surface area (Å²) in [6.45, 7) is 3.37. The summed E-state index contributed by atoms with van der Waals surface area (Å²) in [4.78, 5) is 38.3. The van der Waals surface area contributed by atoms with Crippen LogP contribution in [-0.4, -0.2) is 44.6 Å². The highest BCUT2D eigenvalue weighted by Gasteiger charge is 2.26. The summed E-state index contributed by atoms with van der Waals surface area (Å²) in [5, 5.41) is 11.4. The van der Waals surface area contributed by atoms with Gasteiger partial charge in [-0.05, 0) is 12.3 Å². The molecule has 0 bridgehead atoms. The lowest BCUT2D eigenvalue weighted by Crippen LogP contribution is -2.50. The predicted octanol–water partition coefficient (Wildman–Crippen LogP) is -0.714. The normalized spacial score (nSPS) is 13.5. The van der Waals surface area contributed by atoms with Gasteiger partial charge in [0.05, 0.1) is 6.04 Å². The number of hydrogen-bond acceptors (Lipinski definition) is 5. The molecule has 0 aliphatic carbocycles. The second-order valence-electron chi connectivity index (χ2n) is 5.22. The van der Waals surface area contributed by atoms with Gasteiger partial charge in [0, 0.05) is 18.8 Å². The first-order valence-corrected chi connectivity index (χ1v) is 6.87. The Hall–Kier alpha value is -2.42. The number of nitrogens with zero attached hydrogens (tertiary/aromatic N) is 2. The molecule has 122 valence electrons. The Morgan fingerprint density at radius 2 is 2.05 bits per heavy atom. The molecule has 1 heterocycles. The quantitative estimate of drug-likeness (QED) is 0.500. The van der Waals surface area contributed by atoms with E-state index in [9.17, 15) is 14.4 Å². The number of nitrogens with one attached hydrogen (secondary N) is 2. The van der Waals surface area contributed by atoms with Gasteiger partial charge in [-0.25, -0.2) is 14.5 Å². The molecule has 9 heteroatoms. The van der Waals surface area contributed by atoms with E-state index in [2.05, 4.69) is 15.7 Å². The monoisotopic (exact) mass is 311 g/mol. The Morgan fingerprint density at radius 3 is 2.55 bits per heavy atom. The molecule has 1 aromatic rings. The zero-order chi connectivity index (χ0) is 16.7. The number of aromatic nitrogens is 2. The Labute approximate surface area is 127 Å². The van der Waals surface area contributed by atoms with Crippen LogP contribution in [0.25, 0.3) is 0 Å². The molecule has 2 atom stereocenters. The molecule has 0 unspecified atom stereocenters. The number of hydrogen-bond donors (Lipinski definition) is 4. The number of carbonyl (C=O) groups is 3. The zero-order valence-corrected chi connectivity index (χ0v) is 12.5. The molecule has 5 N–H and O–H groups in total. The van der Waals surface area contributed by atoms with E-state index in [1.807, 2.05) is 0 Å². The van der Waals surface area contributed by atoms with Crippen LogP contribution in [0, 0.1) is 5.92 Å². The van der Waals surface area contributed by atoms with E-state index in [1.165, 1.54) is 17.2 Å². The Bertz CT molecular complexity index is 515. The Kier molecular flexibility index (Phi) is 6.51. The number of carboxylic acid groups (broad SMARTS) is 1. The first kappa shape index (κ1) is 17.6. The lowest BCUT2D eigenvalue weighted by molar-refractivity contribution is -0.143. The van der Waals surface area contributed by atoms with Gasteiger partial charge >= 0.3 is 5.97 Å². The number of carboxylic acids is 1. The SMILES string of the molecule is CC(C)[C@H](NC(=O)[C@@H](N)CCC(=O)Nn1ccnc1)C(=O)O. The Balaban J connectivity index is 2.40. The van der Waals surface area contributed by atoms with Crippen molar-refractivity contribution in [2.45, 2.75) is 38.8 Å². The van der Waals surface area contributed by atoms with Crippen LogP contribution in [0.1, 0.15) is 26.7 Å². The van der Waals surface area contributed by atoms with Crippen molar-refractivity contribution in [1.29, 1.82) is 0 Å². The molecule has 0 saturated carbocycles. The molecule has 1 aromatic heterocycles. The van der Waals surface area contributed by atoms with Crippen molar-refractivity contribution >= 4 is 17.8 Å². The Morgan fingerprint density at radius 1 is 1.36 bits per heavy atom. The molecule has 2 amide bonds. The summed E-state index contributed by atoms with van der Waals surface area (Å²) in [5.74, 6) is -2.29. The molecule has 0 aliphatic rings. The lowest BCUT2D eigenvalue weighted by Gasteiger charge is -2.20. The standard InChI is InChI=1S/C13H21N5O4/c1-8(2)11(13(21)22)16-12(20)9(14)3-4-10(19)17-18-6-5-15-7-18/h5-9,11H,3-4,14H2,1-2H3,(H,16,20)(H,17,19)(H,21,22)/t9-,11-/m0/s1. The van der Waals surface area contributed by atoms with Gasteiger partial charge < -0.3 is 16.2 Å². The second kappa shape index (κ2) is 8.13. The van der Waals surface area contributed by atoms with E-state index in [1.54, 1.807) is 20.0 Å². The minimum atomic E-state index is -1.12. The molecule has 9 nitrogen and oxygen atoms in total. The number of rotatable bonds is 8. The van der Waals surface area contributed by atoms with Gasteiger partial charge in [0.1, 0.15) is 12.4 Å². The van der Waals surface area contributed by atoms with Gasteiger partial charge in [0.15, 0.2) is 0 Å². The average Bonchev–Trinajstić information content (AvgIpc) is 2.93. The maximum atomic E-state index is 11.8. The van der Waals surface area contributed by atoms with Crippen LogP contribution < -0.4 is 16.5 Å². The van der Waals surface area contributed by atoms with Gasteiger partial charge in [-0.1, -0.05) is 13.8 Å². The molecule has 0 spiro atoms. The summed E-state index contributed by atoms with van der Waals surface area (Å²) in [6.07, 6.45) is 4.63. The first-order valence-electron chi connectivity index (χ1n) is 6.87. The van der Waals surface area contributed by atoms with E-state index in [0.29, 0.717) is 0 Å². The van der Waals surface area contributed by atoms with Crippen LogP contribution in [0.5, 0.6) is 0 Å². The second-order valence-corrected chi connectivity index (χ2v) is 5.22. The number of aliphatic carboxylic acids is 1. The molecule has 22 heavy (non-hydrogen) atoms. The van der Waals surface area contributed by atoms with E-state index in [4.69, 9.17) is 10.8 Å². The minimum absolute atomic E-state index is 0.0339. The summed E-state index contributed by atoms with van der Waals surface area (Å²) in [7, 11) is 0. The summed E-state index contributed by atoms with van der Waals surface area (Å²) in [6, 6.07) is -1.95. The van der Waals surface area contributed by atoms with Crippen LogP contribution in [0.15, 0.2) is 18.7 Å². The molecule has 0 fully saturated rings. The third-order valence-electron chi connectivity index (χ3n) is 3.01. The molecule has 0 radical (unpaired) electrons. The van der Waals surface area contributed by atoms with Crippen molar-refractivity contribution in [3.8, 4) is 0 Å². The van der Waals surface area contributed by atoms with Crippen molar-refractivity contribution in [1.82, 2.24) is 15.0 Å². The fourth-order valence-electron chi connectivity index (χ4n) is 1.72. The molecule has 1 rings (SSSR count). The largest absolute Gasteiger partial charge is 0.480 e. The van der Waals surface area contributed by atoms with Crippen molar-refractivity contribution in [2.75, 3.05) is 5.43 Å². The van der Waals surface area contributed by atoms with Gasteiger partial charge in [-0.15, -0.1) is 0 Å². The fourth-order valence-corrected chi connectivity index (χ4v) is 1.72. The highest BCUT2D eigenvalue weighted by atomic mass is 16.4. The van der Waals surface area contributed by atoms with Crippen LogP contribution in [0.3, 0.4) is 0 Å². The van der Waals surface area contributed by atoms with Crippen molar-refractivity contribution in [3.63, 3.8) is 0 Å². The fraction of sp³-hybridized carbons (Fsp3) is 0.538. The maximum Gasteiger partial charge on any atom is 0.326 e. The van der Waals surface area contributed by atoms with E-state index in [0.717, 1.165) is 0 Å². The van der Waals surface area contributed by atoms with Crippen LogP contribution in [-0.2, 0) is 14.4 Å². The summed E-state index contributed by atoms with van der Waals surface area (Å²) < 4.78 is 1.38. The van der Waals surface area contributed by atoms with E-state index >= 15 is 0 Å². The molecule has 0 saturated heterocycles. The van der Waals surface area contributed by atoms with Crippen LogP contribution in [0.2, 0.25) is 0 Å². The molecular formula is C13H21N5O4. The third kappa shape index (κ3) is 5.52. The highest BCUT2D eigenvalue weighted by Crippen LogP contribution is 2.03. The third-order valence-corrected chi connectivity index (χ3v) is 3.01. The predicted molar refractivity (Wildman–Crippen MR) is 78.2 cm³/mol. The van der Waals surface area contributed by atoms with Gasteiger partial charge in [0.25, 0.3) is 0 Å². The van der Waals surface area contributed by atoms with Gasteiger partial charge in [-0.2, -0.15) is 0 Å². The van der Waals surface area contributed by atoms with Crippen molar-refractivity contribution in [2.24, 2.45) is 11.7 Å². The average molecular weight is 311 g/mol. The van der Waals surface area contributed by atoms with Crippen molar-refractivity contribution in [3.05, 3.63) is 18.7 Å². The maximum absolute atomic E-state index is 11.8. The smallest absolute Gasteiger partial charge is 0.326 e. The number of amides is 2. The van der Waals surface area contributed by atoms with Crippen LogP contribution >= 0.6 is 0 Å².